The SMILES string of the molecule is CNS(=O)(=O)Nc1ccc2c(c1)N(C(=O)C1CC1)CCC2. The minimum atomic E-state index is -3.54. The van der Waals surface area contributed by atoms with Crippen molar-refractivity contribution in [3.05, 3.63) is 23.8 Å². The molecule has 6 nitrogen and oxygen atoms in total. The lowest BCUT2D eigenvalue weighted by atomic mass is 10.0. The van der Waals surface area contributed by atoms with E-state index < -0.39 is 10.2 Å². The van der Waals surface area contributed by atoms with Gasteiger partial charge in [-0.25, -0.2) is 4.72 Å². The number of hydrogen-bond acceptors (Lipinski definition) is 3. The molecule has 2 N–H and O–H groups in total. The molecule has 0 spiro atoms. The third kappa shape index (κ3) is 3.03. The van der Waals surface area contributed by atoms with Gasteiger partial charge in [-0.3, -0.25) is 9.52 Å². The fraction of sp³-hybridized carbons (Fsp3) is 0.500. The number of rotatable bonds is 4. The number of carbonyl (C=O) groups is 1. The number of nitrogens with one attached hydrogen (secondary N) is 2. The van der Waals surface area contributed by atoms with Gasteiger partial charge in [-0.05, 0) is 43.4 Å². The highest BCUT2D eigenvalue weighted by Gasteiger charge is 2.35. The Hall–Kier alpha value is -1.60. The zero-order valence-corrected chi connectivity index (χ0v) is 12.7. The zero-order valence-electron chi connectivity index (χ0n) is 11.9. The summed E-state index contributed by atoms with van der Waals surface area (Å²) < 4.78 is 27.8. The van der Waals surface area contributed by atoms with Crippen molar-refractivity contribution in [2.24, 2.45) is 5.92 Å². The second-order valence-corrected chi connectivity index (χ2v) is 7.14. The Morgan fingerprint density at radius 2 is 2.10 bits per heavy atom. The Morgan fingerprint density at radius 3 is 2.76 bits per heavy atom. The van der Waals surface area contributed by atoms with E-state index in [1.807, 2.05) is 11.0 Å². The molecule has 0 unspecified atom stereocenters. The number of anilines is 2. The lowest BCUT2D eigenvalue weighted by Gasteiger charge is -2.30. The van der Waals surface area contributed by atoms with Gasteiger partial charge in [-0.2, -0.15) is 8.42 Å². The average molecular weight is 309 g/mol. The van der Waals surface area contributed by atoms with Crippen molar-refractivity contribution in [1.82, 2.24) is 4.72 Å². The van der Waals surface area contributed by atoms with Gasteiger partial charge in [-0.1, -0.05) is 6.07 Å². The zero-order chi connectivity index (χ0) is 15.0. The maximum Gasteiger partial charge on any atom is 0.298 e. The third-order valence-electron chi connectivity index (χ3n) is 3.92. The van der Waals surface area contributed by atoms with Crippen LogP contribution in [0.5, 0.6) is 0 Å². The second-order valence-electron chi connectivity index (χ2n) is 5.52. The average Bonchev–Trinajstić information content (AvgIpc) is 3.30. The van der Waals surface area contributed by atoms with Gasteiger partial charge in [0.25, 0.3) is 10.2 Å². The summed E-state index contributed by atoms with van der Waals surface area (Å²) in [6, 6.07) is 5.39. The summed E-state index contributed by atoms with van der Waals surface area (Å²) in [6.45, 7) is 0.713. The van der Waals surface area contributed by atoms with E-state index in [4.69, 9.17) is 0 Å². The topological polar surface area (TPSA) is 78.5 Å². The summed E-state index contributed by atoms with van der Waals surface area (Å²) in [5.41, 5.74) is 2.41. The van der Waals surface area contributed by atoms with E-state index in [-0.39, 0.29) is 11.8 Å². The van der Waals surface area contributed by atoms with Gasteiger partial charge >= 0.3 is 0 Å². The highest BCUT2D eigenvalue weighted by Crippen LogP contribution is 2.36. The molecule has 1 saturated carbocycles. The van der Waals surface area contributed by atoms with Crippen LogP contribution in [0, 0.1) is 5.92 Å². The van der Waals surface area contributed by atoms with Crippen LogP contribution >= 0.6 is 0 Å². The summed E-state index contributed by atoms with van der Waals surface area (Å²) in [4.78, 5) is 14.2. The molecule has 1 fully saturated rings. The quantitative estimate of drug-likeness (QED) is 0.878. The number of benzene rings is 1. The van der Waals surface area contributed by atoms with Crippen molar-refractivity contribution in [3.8, 4) is 0 Å². The van der Waals surface area contributed by atoms with Crippen LogP contribution in [-0.2, 0) is 21.4 Å². The van der Waals surface area contributed by atoms with Gasteiger partial charge < -0.3 is 4.90 Å². The summed E-state index contributed by atoms with van der Waals surface area (Å²) in [7, 11) is -2.19. The fourth-order valence-corrected chi connectivity index (χ4v) is 3.16. The maximum absolute atomic E-state index is 12.4. The van der Waals surface area contributed by atoms with Crippen LogP contribution in [0.3, 0.4) is 0 Å². The Morgan fingerprint density at radius 1 is 1.33 bits per heavy atom. The van der Waals surface area contributed by atoms with E-state index in [1.54, 1.807) is 12.1 Å². The van der Waals surface area contributed by atoms with Gasteiger partial charge in [0.05, 0.1) is 5.69 Å². The molecule has 1 aromatic carbocycles. The summed E-state index contributed by atoms with van der Waals surface area (Å²) in [5, 5.41) is 0. The van der Waals surface area contributed by atoms with Crippen LogP contribution in [0.1, 0.15) is 24.8 Å². The molecular formula is C14H19N3O3S. The smallest absolute Gasteiger partial charge is 0.298 e. The molecule has 7 heteroatoms. The highest BCUT2D eigenvalue weighted by molar-refractivity contribution is 7.90. The number of nitrogens with zero attached hydrogens (tertiary/aromatic N) is 1. The van der Waals surface area contributed by atoms with E-state index in [0.29, 0.717) is 12.2 Å². The Bertz CT molecular complexity index is 668. The second kappa shape index (κ2) is 5.31. The van der Waals surface area contributed by atoms with E-state index in [1.165, 1.54) is 7.05 Å². The molecule has 0 aromatic heterocycles. The van der Waals surface area contributed by atoms with Crippen LogP contribution in [0.2, 0.25) is 0 Å². The van der Waals surface area contributed by atoms with Crippen molar-refractivity contribution >= 4 is 27.5 Å². The maximum atomic E-state index is 12.4. The van der Waals surface area contributed by atoms with Gasteiger partial charge in [0.1, 0.15) is 0 Å². The Balaban J connectivity index is 1.91. The van der Waals surface area contributed by atoms with E-state index in [0.717, 1.165) is 36.9 Å². The van der Waals surface area contributed by atoms with Crippen LogP contribution in [0.25, 0.3) is 0 Å². The van der Waals surface area contributed by atoms with E-state index >= 15 is 0 Å². The molecule has 0 atom stereocenters. The molecule has 114 valence electrons. The Kier molecular flexibility index (Phi) is 3.62. The molecule has 3 rings (SSSR count). The van der Waals surface area contributed by atoms with Crippen LogP contribution in [0.4, 0.5) is 11.4 Å². The predicted molar refractivity (Wildman–Crippen MR) is 81.4 cm³/mol. The largest absolute Gasteiger partial charge is 0.312 e. The first-order chi connectivity index (χ1) is 10.00. The molecule has 1 aromatic rings. The number of hydrogen-bond donors (Lipinski definition) is 2. The Labute approximate surface area is 124 Å². The standard InChI is InChI=1S/C14H19N3O3S/c1-15-21(19,20)16-12-7-6-10-3-2-8-17(13(10)9-12)14(18)11-4-5-11/h6-7,9,11,15-16H,2-5,8H2,1H3. The summed E-state index contributed by atoms with van der Waals surface area (Å²) in [5.74, 6) is 0.332. The molecule has 1 heterocycles. The van der Waals surface area contributed by atoms with Crippen molar-refractivity contribution in [2.45, 2.75) is 25.7 Å². The van der Waals surface area contributed by atoms with Crippen molar-refractivity contribution < 1.29 is 13.2 Å². The molecule has 1 aliphatic carbocycles. The molecule has 1 amide bonds. The summed E-state index contributed by atoms with van der Waals surface area (Å²) in [6.07, 6.45) is 3.81. The monoisotopic (exact) mass is 309 g/mol. The predicted octanol–water partition coefficient (Wildman–Crippen LogP) is 1.25. The van der Waals surface area contributed by atoms with Crippen LogP contribution in [0.15, 0.2) is 18.2 Å². The molecule has 0 radical (unpaired) electrons. The van der Waals surface area contributed by atoms with Crippen molar-refractivity contribution in [2.75, 3.05) is 23.2 Å². The number of aryl methyl sites for hydroxylation is 1. The van der Waals surface area contributed by atoms with Crippen molar-refractivity contribution in [1.29, 1.82) is 0 Å². The first kappa shape index (κ1) is 14.3. The van der Waals surface area contributed by atoms with E-state index in [2.05, 4.69) is 9.44 Å². The minimum absolute atomic E-state index is 0.161. The molecule has 21 heavy (non-hydrogen) atoms. The third-order valence-corrected chi connectivity index (χ3v) is 4.96. The lowest BCUT2D eigenvalue weighted by Crippen LogP contribution is -2.36. The molecular weight excluding hydrogens is 290 g/mol. The molecule has 0 saturated heterocycles. The highest BCUT2D eigenvalue weighted by atomic mass is 32.2. The molecule has 1 aliphatic heterocycles. The van der Waals surface area contributed by atoms with Crippen molar-refractivity contribution in [3.63, 3.8) is 0 Å². The lowest BCUT2D eigenvalue weighted by molar-refractivity contribution is -0.119. The summed E-state index contributed by atoms with van der Waals surface area (Å²) >= 11 is 0. The molecule has 2 aliphatic rings. The van der Waals surface area contributed by atoms with Gasteiger partial charge in [0, 0.05) is 25.2 Å². The number of fused-ring (bicyclic) bond motifs is 1. The first-order valence-electron chi connectivity index (χ1n) is 7.16. The van der Waals surface area contributed by atoms with Gasteiger partial charge in [-0.15, -0.1) is 0 Å². The molecule has 0 bridgehead atoms. The van der Waals surface area contributed by atoms with Gasteiger partial charge in [0.2, 0.25) is 5.91 Å². The normalized spacial score (nSPS) is 18.2. The van der Waals surface area contributed by atoms with Crippen LogP contribution < -0.4 is 14.3 Å². The minimum Gasteiger partial charge on any atom is -0.312 e. The number of carbonyl (C=O) groups excluding carboxylic acids is 1. The number of amides is 1. The van der Waals surface area contributed by atoms with Crippen LogP contribution in [-0.4, -0.2) is 27.9 Å². The van der Waals surface area contributed by atoms with E-state index in [9.17, 15) is 13.2 Å². The fourth-order valence-electron chi connectivity index (χ4n) is 2.62. The first-order valence-corrected chi connectivity index (χ1v) is 8.64. The van der Waals surface area contributed by atoms with Gasteiger partial charge in [0.15, 0.2) is 0 Å².